The maximum atomic E-state index is 11.8. The molecule has 1 nitrogen and oxygen atoms in total. The van der Waals surface area contributed by atoms with Crippen LogP contribution in [0.15, 0.2) is 24.3 Å². The smallest absolute Gasteiger partial charge is 0.133 e. The van der Waals surface area contributed by atoms with Gasteiger partial charge in [-0.2, -0.15) is 0 Å². The fourth-order valence-corrected chi connectivity index (χ4v) is 3.47. The second kappa shape index (κ2) is 3.96. The fraction of sp³-hybridized carbons (Fsp3) is 0.643. The van der Waals surface area contributed by atoms with Gasteiger partial charge in [0.15, 0.2) is 0 Å². The molecule has 0 aromatic heterocycles. The van der Waals surface area contributed by atoms with Crippen LogP contribution in [0.3, 0.4) is 0 Å². The highest BCUT2D eigenvalue weighted by atomic mass is 16.1. The van der Waals surface area contributed by atoms with Gasteiger partial charge in [0.05, 0.1) is 0 Å². The van der Waals surface area contributed by atoms with E-state index in [0.29, 0.717) is 29.5 Å². The Morgan fingerprint density at radius 1 is 1.20 bits per heavy atom. The number of carbonyl (C=O) groups is 1. The van der Waals surface area contributed by atoms with Crippen LogP contribution >= 0.6 is 0 Å². The number of rotatable bonds is 2. The molecule has 0 heterocycles. The Balaban J connectivity index is 2.32. The Hall–Kier alpha value is -0.850. The van der Waals surface area contributed by atoms with E-state index in [2.05, 4.69) is 38.2 Å². The van der Waals surface area contributed by atoms with E-state index >= 15 is 0 Å². The van der Waals surface area contributed by atoms with E-state index in [0.717, 1.165) is 0 Å². The van der Waals surface area contributed by atoms with Crippen molar-refractivity contribution in [3.8, 4) is 0 Å². The zero-order valence-electron chi connectivity index (χ0n) is 9.81. The monoisotopic (exact) mass is 204 g/mol. The van der Waals surface area contributed by atoms with Gasteiger partial charge in [-0.25, -0.2) is 0 Å². The summed E-state index contributed by atoms with van der Waals surface area (Å²) in [7, 11) is 0. The molecular weight excluding hydrogens is 184 g/mol. The molecule has 0 N–H and O–H groups in total. The maximum absolute atomic E-state index is 11.8. The topological polar surface area (TPSA) is 17.1 Å². The Morgan fingerprint density at radius 3 is 2.33 bits per heavy atom. The molecular formula is C14H20O. The average molecular weight is 204 g/mol. The minimum absolute atomic E-state index is 0.260. The van der Waals surface area contributed by atoms with Crippen LogP contribution < -0.4 is 0 Å². The largest absolute Gasteiger partial charge is 0.300 e. The van der Waals surface area contributed by atoms with Gasteiger partial charge in [0.2, 0.25) is 0 Å². The molecule has 1 saturated carbocycles. The predicted octanol–water partition coefficient (Wildman–Crippen LogP) is 3.23. The Labute approximate surface area is 92.3 Å². The molecule has 4 unspecified atom stereocenters. The van der Waals surface area contributed by atoms with E-state index in [-0.39, 0.29) is 5.92 Å². The third-order valence-electron chi connectivity index (χ3n) is 3.98. The zero-order valence-corrected chi connectivity index (χ0v) is 9.81. The van der Waals surface area contributed by atoms with Crippen molar-refractivity contribution < 1.29 is 4.79 Å². The minimum Gasteiger partial charge on any atom is -0.300 e. The van der Waals surface area contributed by atoms with Crippen LogP contribution in [0.2, 0.25) is 0 Å². The molecule has 1 fully saturated rings. The Morgan fingerprint density at radius 2 is 1.80 bits per heavy atom. The summed E-state index contributed by atoms with van der Waals surface area (Å²) in [4.78, 5) is 11.8. The van der Waals surface area contributed by atoms with Crippen LogP contribution in [0.1, 0.15) is 27.2 Å². The van der Waals surface area contributed by atoms with Gasteiger partial charge in [-0.05, 0) is 37.0 Å². The molecule has 2 aliphatic carbocycles. The number of fused-ring (bicyclic) bond motifs is 2. The number of carbonyl (C=O) groups excluding carboxylic acids is 1. The number of ketones is 1. The van der Waals surface area contributed by atoms with Gasteiger partial charge in [0, 0.05) is 5.92 Å². The Bertz CT molecular complexity index is 311. The van der Waals surface area contributed by atoms with E-state index in [1.165, 1.54) is 6.42 Å². The third kappa shape index (κ3) is 1.80. The van der Waals surface area contributed by atoms with E-state index in [1.807, 2.05) is 0 Å². The lowest BCUT2D eigenvalue weighted by Crippen LogP contribution is -2.27. The average Bonchev–Trinajstić information content (AvgIpc) is 2.31. The van der Waals surface area contributed by atoms with Gasteiger partial charge < -0.3 is 0 Å². The highest BCUT2D eigenvalue weighted by Crippen LogP contribution is 2.48. The van der Waals surface area contributed by atoms with Crippen LogP contribution in [0, 0.1) is 29.6 Å². The summed E-state index contributed by atoms with van der Waals surface area (Å²) in [6.45, 7) is 6.25. The molecule has 1 heteroatoms. The predicted molar refractivity (Wildman–Crippen MR) is 62.4 cm³/mol. The number of allylic oxidation sites excluding steroid dienone is 4. The molecule has 2 aliphatic rings. The molecule has 15 heavy (non-hydrogen) atoms. The standard InChI is InChI=1S/C14H20O/c1-9(2)13-11-6-4-5-7-12(8-11)14(13)10(3)15/h4-7,9,11-14H,8H2,1-3H3. The molecule has 0 spiro atoms. The van der Waals surface area contributed by atoms with Gasteiger partial charge in [-0.3, -0.25) is 4.79 Å². The SMILES string of the molecule is CC(=O)C1C2C=CC=CC(C2)C1C(C)C. The first-order chi connectivity index (χ1) is 7.11. The number of hydrogen-bond acceptors (Lipinski definition) is 1. The lowest BCUT2D eigenvalue weighted by atomic mass is 9.76. The van der Waals surface area contributed by atoms with Crippen LogP contribution in [-0.4, -0.2) is 5.78 Å². The fourth-order valence-electron chi connectivity index (χ4n) is 3.47. The van der Waals surface area contributed by atoms with Crippen molar-refractivity contribution in [2.24, 2.45) is 29.6 Å². The summed E-state index contributed by atoms with van der Waals surface area (Å²) < 4.78 is 0. The van der Waals surface area contributed by atoms with Gasteiger partial charge >= 0.3 is 0 Å². The second-order valence-corrected chi connectivity index (χ2v) is 5.29. The molecule has 0 radical (unpaired) electrons. The molecule has 4 atom stereocenters. The van der Waals surface area contributed by atoms with Crippen LogP contribution in [0.5, 0.6) is 0 Å². The summed E-state index contributed by atoms with van der Waals surface area (Å²) in [5.74, 6) is 2.88. The first-order valence-corrected chi connectivity index (χ1v) is 5.96. The summed E-state index contributed by atoms with van der Waals surface area (Å²) in [6.07, 6.45) is 9.95. The maximum Gasteiger partial charge on any atom is 0.133 e. The quantitative estimate of drug-likeness (QED) is 0.675. The summed E-state index contributed by atoms with van der Waals surface area (Å²) in [5, 5.41) is 0. The lowest BCUT2D eigenvalue weighted by Gasteiger charge is -2.27. The van der Waals surface area contributed by atoms with Crippen molar-refractivity contribution in [3.63, 3.8) is 0 Å². The highest BCUT2D eigenvalue weighted by Gasteiger charge is 2.44. The van der Waals surface area contributed by atoms with E-state index in [9.17, 15) is 4.79 Å². The van der Waals surface area contributed by atoms with E-state index in [1.54, 1.807) is 6.92 Å². The van der Waals surface area contributed by atoms with E-state index < -0.39 is 0 Å². The summed E-state index contributed by atoms with van der Waals surface area (Å²) in [5.41, 5.74) is 0. The van der Waals surface area contributed by atoms with Crippen molar-refractivity contribution in [1.29, 1.82) is 0 Å². The highest BCUT2D eigenvalue weighted by molar-refractivity contribution is 5.79. The lowest BCUT2D eigenvalue weighted by molar-refractivity contribution is -0.123. The van der Waals surface area contributed by atoms with Gasteiger partial charge in [0.25, 0.3) is 0 Å². The van der Waals surface area contributed by atoms with Gasteiger partial charge in [-0.1, -0.05) is 38.2 Å². The van der Waals surface area contributed by atoms with Crippen molar-refractivity contribution in [1.82, 2.24) is 0 Å². The van der Waals surface area contributed by atoms with Crippen LogP contribution in [-0.2, 0) is 4.79 Å². The van der Waals surface area contributed by atoms with Gasteiger partial charge in [-0.15, -0.1) is 0 Å². The summed E-state index contributed by atoms with van der Waals surface area (Å²) in [6, 6.07) is 0. The zero-order chi connectivity index (χ0) is 11.0. The molecule has 0 saturated heterocycles. The molecule has 0 aromatic rings. The van der Waals surface area contributed by atoms with Crippen molar-refractivity contribution >= 4 is 5.78 Å². The Kier molecular flexibility index (Phi) is 2.81. The molecule has 0 amide bonds. The third-order valence-corrected chi connectivity index (χ3v) is 3.98. The van der Waals surface area contributed by atoms with Crippen molar-refractivity contribution in [3.05, 3.63) is 24.3 Å². The first-order valence-electron chi connectivity index (χ1n) is 5.96. The number of hydrogen-bond donors (Lipinski definition) is 0. The summed E-state index contributed by atoms with van der Waals surface area (Å²) >= 11 is 0. The second-order valence-electron chi connectivity index (χ2n) is 5.29. The molecule has 2 bridgehead atoms. The first kappa shape index (κ1) is 10.7. The van der Waals surface area contributed by atoms with Crippen molar-refractivity contribution in [2.45, 2.75) is 27.2 Å². The molecule has 82 valence electrons. The normalized spacial score (nSPS) is 38.4. The molecule has 0 aliphatic heterocycles. The van der Waals surface area contributed by atoms with Crippen LogP contribution in [0.25, 0.3) is 0 Å². The van der Waals surface area contributed by atoms with Crippen molar-refractivity contribution in [2.75, 3.05) is 0 Å². The number of Topliss-reactive ketones (excluding diaryl/α,β-unsaturated/α-hetero) is 1. The van der Waals surface area contributed by atoms with Gasteiger partial charge in [0.1, 0.15) is 5.78 Å². The minimum atomic E-state index is 0.260. The van der Waals surface area contributed by atoms with Crippen LogP contribution in [0.4, 0.5) is 0 Å². The molecule has 0 aromatic carbocycles. The van der Waals surface area contributed by atoms with E-state index in [4.69, 9.17) is 0 Å². The molecule has 2 rings (SSSR count).